The maximum absolute atomic E-state index is 10.2. The lowest BCUT2D eigenvalue weighted by molar-refractivity contribution is -0.142. The highest BCUT2D eigenvalue weighted by molar-refractivity contribution is 7.08. The van der Waals surface area contributed by atoms with Gasteiger partial charge in [0.15, 0.2) is 0 Å². The molecule has 0 amide bonds. The number of hydrogen-bond acceptors (Lipinski definition) is 5. The highest BCUT2D eigenvalue weighted by Crippen LogP contribution is 1.96. The van der Waals surface area contributed by atoms with Crippen LogP contribution in [0.1, 0.15) is 0 Å². The van der Waals surface area contributed by atoms with Gasteiger partial charge in [0.25, 0.3) is 28.9 Å². The minimum absolute atomic E-state index is 1.52. The van der Waals surface area contributed by atoms with E-state index in [-0.39, 0.29) is 0 Å². The summed E-state index contributed by atoms with van der Waals surface area (Å²) in [7, 11) is 0. The van der Waals surface area contributed by atoms with Crippen LogP contribution in [0.15, 0.2) is 0 Å². The number of carbonyl (C=O) groups excluding carboxylic acids is 5. The quantitative estimate of drug-likeness (QED) is 0.358. The van der Waals surface area contributed by atoms with E-state index in [9.17, 15) is 24.0 Å². The van der Waals surface area contributed by atoms with Gasteiger partial charge in [0.2, 0.25) is 0 Å². The van der Waals surface area contributed by atoms with Crippen LogP contribution in [-0.4, -0.2) is 28.9 Å². The molecule has 1 saturated carbocycles. The van der Waals surface area contributed by atoms with Crippen molar-refractivity contribution in [3.05, 3.63) is 0 Å². The van der Waals surface area contributed by atoms with Crippen molar-refractivity contribution in [3.8, 4) is 0 Å². The van der Waals surface area contributed by atoms with Crippen LogP contribution in [0.4, 0.5) is 0 Å². The van der Waals surface area contributed by atoms with Gasteiger partial charge in [0, 0.05) is 0 Å². The Bertz CT molecular complexity index is 195. The molecule has 0 N–H and O–H groups in total. The standard InChI is InChI=1S/C5O5/c6-1-2(7)4(9)5(10)3(1)8. The zero-order valence-electron chi connectivity index (χ0n) is 4.54. The van der Waals surface area contributed by atoms with E-state index >= 15 is 0 Å². The molecule has 0 saturated heterocycles. The van der Waals surface area contributed by atoms with Gasteiger partial charge in [-0.3, -0.25) is 24.0 Å². The van der Waals surface area contributed by atoms with Crippen LogP contribution in [0, 0.1) is 0 Å². The summed E-state index contributed by atoms with van der Waals surface area (Å²) >= 11 is 0. The topological polar surface area (TPSA) is 85.3 Å². The van der Waals surface area contributed by atoms with E-state index in [1.807, 2.05) is 0 Å². The van der Waals surface area contributed by atoms with Crippen LogP contribution in [0.5, 0.6) is 0 Å². The molecule has 0 aliphatic heterocycles. The molecule has 0 aromatic carbocycles. The fourth-order valence-corrected chi connectivity index (χ4v) is 0.516. The molecule has 10 heavy (non-hydrogen) atoms. The lowest BCUT2D eigenvalue weighted by atomic mass is 10.3. The third-order valence-corrected chi connectivity index (χ3v) is 1.03. The molecule has 1 rings (SSSR count). The monoisotopic (exact) mass is 140 g/mol. The lowest BCUT2D eigenvalue weighted by Crippen LogP contribution is -2.15. The average molecular weight is 140 g/mol. The highest BCUT2D eigenvalue weighted by Gasteiger charge is 2.47. The molecule has 5 heteroatoms. The van der Waals surface area contributed by atoms with Crippen molar-refractivity contribution in [1.29, 1.82) is 0 Å². The molecule has 50 valence electrons. The van der Waals surface area contributed by atoms with Crippen molar-refractivity contribution in [2.75, 3.05) is 0 Å². The molecule has 0 heterocycles. The Kier molecular flexibility index (Phi) is 1.08. The van der Waals surface area contributed by atoms with Crippen LogP contribution in [-0.2, 0) is 24.0 Å². The molecule has 1 aliphatic rings. The lowest BCUT2D eigenvalue weighted by Gasteiger charge is -1.69. The zero-order valence-corrected chi connectivity index (χ0v) is 4.54. The Labute approximate surface area is 54.0 Å². The van der Waals surface area contributed by atoms with Gasteiger partial charge in [0.1, 0.15) is 0 Å². The van der Waals surface area contributed by atoms with Crippen molar-refractivity contribution in [3.63, 3.8) is 0 Å². The molecule has 1 fully saturated rings. The fraction of sp³-hybridized carbons (Fsp3) is 0. The number of carbonyl (C=O) groups is 5. The van der Waals surface area contributed by atoms with Crippen molar-refractivity contribution in [2.24, 2.45) is 0 Å². The van der Waals surface area contributed by atoms with E-state index in [0.717, 1.165) is 0 Å². The van der Waals surface area contributed by atoms with Crippen molar-refractivity contribution < 1.29 is 24.0 Å². The molecule has 0 spiro atoms. The Morgan fingerprint density at radius 2 is 0.500 bits per heavy atom. The minimum atomic E-state index is -1.52. The number of ketones is 5. The summed E-state index contributed by atoms with van der Waals surface area (Å²) in [5.74, 6) is -7.59. The van der Waals surface area contributed by atoms with E-state index in [1.54, 1.807) is 0 Å². The minimum Gasteiger partial charge on any atom is -0.281 e. The van der Waals surface area contributed by atoms with Crippen LogP contribution in [0.2, 0.25) is 0 Å². The summed E-state index contributed by atoms with van der Waals surface area (Å²) in [5.41, 5.74) is 0. The van der Waals surface area contributed by atoms with Crippen molar-refractivity contribution in [1.82, 2.24) is 0 Å². The molecule has 0 radical (unpaired) electrons. The molecule has 0 aromatic rings. The van der Waals surface area contributed by atoms with E-state index in [4.69, 9.17) is 0 Å². The number of Topliss-reactive ketones (excluding diaryl/α,β-unsaturated/α-hetero) is 5. The predicted molar refractivity (Wildman–Crippen MR) is 25.0 cm³/mol. The molecular formula is C5O5. The molecule has 0 atom stereocenters. The first-order valence-electron chi connectivity index (χ1n) is 2.27. The molecule has 0 aromatic heterocycles. The first-order chi connectivity index (χ1) is 4.55. The second kappa shape index (κ2) is 1.66. The van der Waals surface area contributed by atoms with E-state index < -0.39 is 28.9 Å². The Morgan fingerprint density at radius 3 is 0.600 bits per heavy atom. The van der Waals surface area contributed by atoms with Gasteiger partial charge in [-0.05, 0) is 0 Å². The highest BCUT2D eigenvalue weighted by atomic mass is 16.2. The largest absolute Gasteiger partial charge is 0.281 e. The summed E-state index contributed by atoms with van der Waals surface area (Å²) in [4.78, 5) is 50.9. The third-order valence-electron chi connectivity index (χ3n) is 1.03. The fourth-order valence-electron chi connectivity index (χ4n) is 0.516. The van der Waals surface area contributed by atoms with Crippen molar-refractivity contribution >= 4 is 28.9 Å². The third kappa shape index (κ3) is 0.540. The summed E-state index contributed by atoms with van der Waals surface area (Å²) in [6, 6.07) is 0. The smallest absolute Gasteiger partial charge is 0.281 e. The van der Waals surface area contributed by atoms with Crippen molar-refractivity contribution in [2.45, 2.75) is 0 Å². The van der Waals surface area contributed by atoms with Gasteiger partial charge >= 0.3 is 0 Å². The van der Waals surface area contributed by atoms with Crippen LogP contribution in [0.3, 0.4) is 0 Å². The van der Waals surface area contributed by atoms with Crippen LogP contribution in [0.25, 0.3) is 0 Å². The molecule has 0 bridgehead atoms. The van der Waals surface area contributed by atoms with Gasteiger partial charge < -0.3 is 0 Å². The molecule has 1 aliphatic carbocycles. The van der Waals surface area contributed by atoms with E-state index in [1.165, 1.54) is 0 Å². The van der Waals surface area contributed by atoms with Gasteiger partial charge in [-0.1, -0.05) is 0 Å². The van der Waals surface area contributed by atoms with Gasteiger partial charge in [0.05, 0.1) is 0 Å². The molecule has 5 nitrogen and oxygen atoms in total. The maximum atomic E-state index is 10.2. The normalized spacial score (nSPS) is 19.0. The molecular weight excluding hydrogens is 140 g/mol. The zero-order chi connectivity index (χ0) is 7.89. The van der Waals surface area contributed by atoms with E-state index in [0.29, 0.717) is 0 Å². The maximum Gasteiger partial charge on any atom is 0.281 e. The summed E-state index contributed by atoms with van der Waals surface area (Å²) < 4.78 is 0. The van der Waals surface area contributed by atoms with Gasteiger partial charge in [-0.25, -0.2) is 0 Å². The Hall–Kier alpha value is -1.65. The summed E-state index contributed by atoms with van der Waals surface area (Å²) in [6.07, 6.45) is 0. The van der Waals surface area contributed by atoms with Crippen LogP contribution >= 0.6 is 0 Å². The van der Waals surface area contributed by atoms with Crippen LogP contribution < -0.4 is 0 Å². The Balaban J connectivity index is 3.25. The van der Waals surface area contributed by atoms with Gasteiger partial charge in [-0.15, -0.1) is 0 Å². The first kappa shape index (κ1) is 6.47. The molecule has 0 unspecified atom stereocenters. The summed E-state index contributed by atoms with van der Waals surface area (Å²) in [5, 5.41) is 0. The average Bonchev–Trinajstić information content (AvgIpc) is 2.07. The first-order valence-corrected chi connectivity index (χ1v) is 2.27. The van der Waals surface area contributed by atoms with E-state index in [2.05, 4.69) is 0 Å². The second-order valence-electron chi connectivity index (χ2n) is 1.65. The Morgan fingerprint density at radius 1 is 0.400 bits per heavy atom. The van der Waals surface area contributed by atoms with Gasteiger partial charge in [-0.2, -0.15) is 0 Å². The number of rotatable bonds is 0. The SMILES string of the molecule is O=C1C(=O)C(=O)C(=O)C1=O. The summed E-state index contributed by atoms with van der Waals surface area (Å²) in [6.45, 7) is 0. The predicted octanol–water partition coefficient (Wildman–Crippen LogP) is -2.15. The second-order valence-corrected chi connectivity index (χ2v) is 1.65. The number of hydrogen-bond donors (Lipinski definition) is 0.